The monoisotopic (exact) mass is 360 g/mol. The fourth-order valence-electron chi connectivity index (χ4n) is 3.50. The molecule has 1 atom stereocenters. The minimum Gasteiger partial charge on any atom is -0.337 e. The zero-order chi connectivity index (χ0) is 18.8. The first-order valence-electron chi connectivity index (χ1n) is 9.33. The second-order valence-electron chi connectivity index (χ2n) is 7.24. The van der Waals surface area contributed by atoms with Crippen molar-refractivity contribution in [3.05, 3.63) is 77.5 Å². The first kappa shape index (κ1) is 17.5. The van der Waals surface area contributed by atoms with Gasteiger partial charge >= 0.3 is 0 Å². The molecule has 1 amide bonds. The Hall–Kier alpha value is -2.92. The van der Waals surface area contributed by atoms with Gasteiger partial charge in [-0.3, -0.25) is 9.48 Å². The number of nitrogens with zero attached hydrogens (tertiary/aromatic N) is 3. The first-order chi connectivity index (χ1) is 13.1. The molecule has 0 bridgehead atoms. The smallest absolute Gasteiger partial charge is 0.257 e. The summed E-state index contributed by atoms with van der Waals surface area (Å²) in [4.78, 5) is 15.0. The molecule has 2 N–H and O–H groups in total. The summed E-state index contributed by atoms with van der Waals surface area (Å²) in [6, 6.07) is 18.4. The van der Waals surface area contributed by atoms with Crippen molar-refractivity contribution in [3.8, 4) is 11.3 Å². The minimum atomic E-state index is 0.0119. The molecule has 2 heterocycles. The maximum Gasteiger partial charge on any atom is 0.257 e. The molecule has 27 heavy (non-hydrogen) atoms. The summed E-state index contributed by atoms with van der Waals surface area (Å²) in [6.07, 6.45) is 2.72. The van der Waals surface area contributed by atoms with E-state index in [2.05, 4.69) is 19.1 Å². The summed E-state index contributed by atoms with van der Waals surface area (Å²) in [5, 5.41) is 4.75. The van der Waals surface area contributed by atoms with Gasteiger partial charge < -0.3 is 10.6 Å². The lowest BCUT2D eigenvalue weighted by molar-refractivity contribution is 0.0791. The average molecular weight is 360 g/mol. The molecule has 0 unspecified atom stereocenters. The van der Waals surface area contributed by atoms with E-state index in [0.717, 1.165) is 23.2 Å². The molecular weight excluding hydrogens is 336 g/mol. The SMILES string of the molecule is Cc1ccc(-c2nn(Cc3ccccc3)cc2C(=O)N2CC[C@@H](N)C2)cc1. The number of hydrogen-bond acceptors (Lipinski definition) is 3. The number of likely N-dealkylation sites (tertiary alicyclic amines) is 1. The Morgan fingerprint density at radius 1 is 1.15 bits per heavy atom. The van der Waals surface area contributed by atoms with Gasteiger partial charge in [-0.2, -0.15) is 5.10 Å². The van der Waals surface area contributed by atoms with Crippen LogP contribution in [0, 0.1) is 6.92 Å². The van der Waals surface area contributed by atoms with E-state index in [-0.39, 0.29) is 11.9 Å². The maximum atomic E-state index is 13.1. The molecule has 0 radical (unpaired) electrons. The molecule has 3 aromatic rings. The number of rotatable bonds is 4. The Labute approximate surface area is 159 Å². The summed E-state index contributed by atoms with van der Waals surface area (Å²) in [5.74, 6) is 0.0119. The van der Waals surface area contributed by atoms with Gasteiger partial charge in [-0.1, -0.05) is 60.2 Å². The number of carbonyl (C=O) groups excluding carboxylic acids is 1. The van der Waals surface area contributed by atoms with Gasteiger partial charge in [0.2, 0.25) is 0 Å². The molecule has 138 valence electrons. The van der Waals surface area contributed by atoms with Gasteiger partial charge in [-0.15, -0.1) is 0 Å². The lowest BCUT2D eigenvalue weighted by Gasteiger charge is -2.15. The highest BCUT2D eigenvalue weighted by molar-refractivity contribution is 6.00. The molecule has 2 aromatic carbocycles. The van der Waals surface area contributed by atoms with E-state index >= 15 is 0 Å². The average Bonchev–Trinajstić information content (AvgIpc) is 3.29. The molecule has 1 aromatic heterocycles. The van der Waals surface area contributed by atoms with E-state index in [1.807, 2.05) is 58.2 Å². The molecule has 5 nitrogen and oxygen atoms in total. The van der Waals surface area contributed by atoms with Crippen molar-refractivity contribution < 1.29 is 4.79 Å². The molecule has 1 aliphatic heterocycles. The van der Waals surface area contributed by atoms with Gasteiger partial charge in [0.25, 0.3) is 5.91 Å². The standard InChI is InChI=1S/C22H24N4O/c1-16-7-9-18(10-8-16)21-20(22(27)25-12-11-19(23)14-25)15-26(24-21)13-17-5-3-2-4-6-17/h2-10,15,19H,11-14,23H2,1H3/t19-/m1/s1. The van der Waals surface area contributed by atoms with Crippen molar-refractivity contribution in [3.63, 3.8) is 0 Å². The summed E-state index contributed by atoms with van der Waals surface area (Å²) in [7, 11) is 0. The van der Waals surface area contributed by atoms with Gasteiger partial charge in [0.05, 0.1) is 12.1 Å². The number of carbonyl (C=O) groups is 1. The van der Waals surface area contributed by atoms with Crippen LogP contribution in [-0.2, 0) is 6.54 Å². The fourth-order valence-corrected chi connectivity index (χ4v) is 3.50. The van der Waals surface area contributed by atoms with Crippen LogP contribution in [0.25, 0.3) is 11.3 Å². The normalized spacial score (nSPS) is 16.7. The highest BCUT2D eigenvalue weighted by Crippen LogP contribution is 2.25. The van der Waals surface area contributed by atoms with Crippen LogP contribution in [0.5, 0.6) is 0 Å². The Balaban J connectivity index is 1.70. The van der Waals surface area contributed by atoms with E-state index in [4.69, 9.17) is 10.8 Å². The molecule has 4 rings (SSSR count). The fraction of sp³-hybridized carbons (Fsp3) is 0.273. The predicted molar refractivity (Wildman–Crippen MR) is 106 cm³/mol. The molecule has 1 fully saturated rings. The van der Waals surface area contributed by atoms with E-state index in [0.29, 0.717) is 25.2 Å². The van der Waals surface area contributed by atoms with Crippen LogP contribution < -0.4 is 5.73 Å². The van der Waals surface area contributed by atoms with Crippen LogP contribution in [0.15, 0.2) is 60.8 Å². The zero-order valence-electron chi connectivity index (χ0n) is 15.5. The van der Waals surface area contributed by atoms with Crippen molar-refractivity contribution in [2.45, 2.75) is 25.9 Å². The molecule has 0 saturated carbocycles. The molecule has 0 spiro atoms. The van der Waals surface area contributed by atoms with Crippen LogP contribution >= 0.6 is 0 Å². The Morgan fingerprint density at radius 3 is 2.56 bits per heavy atom. The van der Waals surface area contributed by atoms with Crippen molar-refractivity contribution in [2.24, 2.45) is 5.73 Å². The van der Waals surface area contributed by atoms with Gasteiger partial charge in [-0.05, 0) is 18.9 Å². The highest BCUT2D eigenvalue weighted by Gasteiger charge is 2.28. The van der Waals surface area contributed by atoms with Crippen LogP contribution in [0.1, 0.15) is 27.9 Å². The largest absolute Gasteiger partial charge is 0.337 e. The van der Waals surface area contributed by atoms with Crippen LogP contribution in [-0.4, -0.2) is 39.7 Å². The maximum absolute atomic E-state index is 13.1. The van der Waals surface area contributed by atoms with Crippen molar-refractivity contribution in [2.75, 3.05) is 13.1 Å². The second-order valence-corrected chi connectivity index (χ2v) is 7.24. The Kier molecular flexibility index (Phi) is 4.77. The molecule has 1 aliphatic rings. The number of aryl methyl sites for hydroxylation is 1. The lowest BCUT2D eigenvalue weighted by atomic mass is 10.1. The van der Waals surface area contributed by atoms with Gasteiger partial charge in [-0.25, -0.2) is 0 Å². The number of benzene rings is 2. The molecule has 1 saturated heterocycles. The van der Waals surface area contributed by atoms with E-state index in [1.54, 1.807) is 0 Å². The number of hydrogen-bond donors (Lipinski definition) is 1. The molecular formula is C22H24N4O. The van der Waals surface area contributed by atoms with E-state index in [9.17, 15) is 4.79 Å². The third-order valence-corrected chi connectivity index (χ3v) is 5.02. The van der Waals surface area contributed by atoms with Crippen molar-refractivity contribution in [1.82, 2.24) is 14.7 Å². The van der Waals surface area contributed by atoms with Crippen molar-refractivity contribution in [1.29, 1.82) is 0 Å². The second kappa shape index (κ2) is 7.37. The molecule has 5 heteroatoms. The third kappa shape index (κ3) is 3.78. The lowest BCUT2D eigenvalue weighted by Crippen LogP contribution is -2.32. The highest BCUT2D eigenvalue weighted by atomic mass is 16.2. The Bertz CT molecular complexity index is 931. The number of amides is 1. The Morgan fingerprint density at radius 2 is 1.89 bits per heavy atom. The summed E-state index contributed by atoms with van der Waals surface area (Å²) < 4.78 is 1.85. The summed E-state index contributed by atoms with van der Waals surface area (Å²) in [5.41, 5.74) is 10.7. The van der Waals surface area contributed by atoms with Crippen molar-refractivity contribution >= 4 is 5.91 Å². The van der Waals surface area contributed by atoms with E-state index in [1.165, 1.54) is 5.56 Å². The third-order valence-electron chi connectivity index (χ3n) is 5.02. The quantitative estimate of drug-likeness (QED) is 0.778. The summed E-state index contributed by atoms with van der Waals surface area (Å²) >= 11 is 0. The van der Waals surface area contributed by atoms with Gasteiger partial charge in [0.1, 0.15) is 5.69 Å². The first-order valence-corrected chi connectivity index (χ1v) is 9.33. The van der Waals surface area contributed by atoms with Crippen LogP contribution in [0.2, 0.25) is 0 Å². The topological polar surface area (TPSA) is 64.2 Å². The predicted octanol–water partition coefficient (Wildman–Crippen LogP) is 3.08. The van der Waals surface area contributed by atoms with Gasteiger partial charge in [0.15, 0.2) is 0 Å². The van der Waals surface area contributed by atoms with E-state index < -0.39 is 0 Å². The van der Waals surface area contributed by atoms with Crippen LogP contribution in [0.4, 0.5) is 0 Å². The molecule has 0 aliphatic carbocycles. The number of nitrogens with two attached hydrogens (primary N) is 1. The van der Waals surface area contributed by atoms with Gasteiger partial charge in [0, 0.05) is 30.9 Å². The van der Waals surface area contributed by atoms with Crippen LogP contribution in [0.3, 0.4) is 0 Å². The zero-order valence-corrected chi connectivity index (χ0v) is 15.5. The minimum absolute atomic E-state index is 0.0119. The number of aromatic nitrogens is 2. The summed E-state index contributed by atoms with van der Waals surface area (Å²) in [6.45, 7) is 4.00.